The van der Waals surface area contributed by atoms with Crippen LogP contribution < -0.4 is 10.5 Å². The van der Waals surface area contributed by atoms with Crippen LogP contribution in [0.1, 0.15) is 26.5 Å². The molecule has 1 aromatic carbocycles. The zero-order chi connectivity index (χ0) is 17.8. The topological polar surface area (TPSA) is 89.0 Å². The standard InChI is InChI=1S/C18H21N3O4.ClH/c1-24-15-4-2-13(3-5-15)17(22)20-6-8-21(9-7-20)18(23)14-10-16(11-19)25-12-14;/h2-5,10,12H,6-9,11,19H2,1H3;1H. The van der Waals surface area contributed by atoms with E-state index in [0.717, 1.165) is 0 Å². The highest BCUT2D eigenvalue weighted by atomic mass is 35.5. The van der Waals surface area contributed by atoms with E-state index < -0.39 is 0 Å². The van der Waals surface area contributed by atoms with Gasteiger partial charge in [0.1, 0.15) is 17.8 Å². The van der Waals surface area contributed by atoms with Gasteiger partial charge in [-0.05, 0) is 30.3 Å². The number of methoxy groups -OCH3 is 1. The minimum Gasteiger partial charge on any atom is -0.497 e. The fourth-order valence-corrected chi connectivity index (χ4v) is 2.81. The molecule has 2 heterocycles. The molecule has 0 saturated carbocycles. The Morgan fingerprint density at radius 2 is 1.58 bits per heavy atom. The molecule has 140 valence electrons. The number of hydrogen-bond acceptors (Lipinski definition) is 5. The second-order valence-electron chi connectivity index (χ2n) is 5.82. The zero-order valence-corrected chi connectivity index (χ0v) is 15.3. The number of carbonyl (C=O) groups excluding carboxylic acids is 2. The number of nitrogens with zero attached hydrogens (tertiary/aromatic N) is 2. The number of benzene rings is 1. The fraction of sp³-hybridized carbons (Fsp3) is 0.333. The van der Waals surface area contributed by atoms with Crippen molar-refractivity contribution in [1.82, 2.24) is 9.80 Å². The summed E-state index contributed by atoms with van der Waals surface area (Å²) < 4.78 is 10.3. The average Bonchev–Trinajstić information content (AvgIpc) is 3.16. The van der Waals surface area contributed by atoms with Crippen LogP contribution in [0.25, 0.3) is 0 Å². The molecule has 2 N–H and O–H groups in total. The van der Waals surface area contributed by atoms with Gasteiger partial charge in [0, 0.05) is 31.7 Å². The number of carbonyl (C=O) groups is 2. The normalized spacial score (nSPS) is 13.9. The van der Waals surface area contributed by atoms with Crippen molar-refractivity contribution >= 4 is 24.2 Å². The molecule has 1 saturated heterocycles. The molecule has 26 heavy (non-hydrogen) atoms. The Hall–Kier alpha value is -2.51. The minimum absolute atomic E-state index is 0. The summed E-state index contributed by atoms with van der Waals surface area (Å²) in [5, 5.41) is 0. The van der Waals surface area contributed by atoms with Gasteiger partial charge in [-0.1, -0.05) is 0 Å². The van der Waals surface area contributed by atoms with Crippen LogP contribution in [0.2, 0.25) is 0 Å². The second-order valence-corrected chi connectivity index (χ2v) is 5.82. The first-order valence-electron chi connectivity index (χ1n) is 8.12. The third kappa shape index (κ3) is 4.17. The van der Waals surface area contributed by atoms with E-state index in [9.17, 15) is 9.59 Å². The number of halogens is 1. The molecule has 0 radical (unpaired) electrons. The lowest BCUT2D eigenvalue weighted by Crippen LogP contribution is -2.50. The molecule has 0 aliphatic carbocycles. The van der Waals surface area contributed by atoms with Crippen molar-refractivity contribution in [2.24, 2.45) is 5.73 Å². The van der Waals surface area contributed by atoms with Crippen LogP contribution in [0.15, 0.2) is 41.0 Å². The predicted molar refractivity (Wildman–Crippen MR) is 98.6 cm³/mol. The highest BCUT2D eigenvalue weighted by molar-refractivity contribution is 5.96. The molecule has 0 atom stereocenters. The third-order valence-electron chi connectivity index (χ3n) is 4.29. The van der Waals surface area contributed by atoms with Crippen molar-refractivity contribution in [3.05, 3.63) is 53.5 Å². The molecular formula is C18H22ClN3O4. The maximum Gasteiger partial charge on any atom is 0.257 e. The molecule has 8 heteroatoms. The number of piperazine rings is 1. The first-order valence-corrected chi connectivity index (χ1v) is 8.12. The highest BCUT2D eigenvalue weighted by Gasteiger charge is 2.26. The van der Waals surface area contributed by atoms with Crippen molar-refractivity contribution in [1.29, 1.82) is 0 Å². The fourth-order valence-electron chi connectivity index (χ4n) is 2.81. The average molecular weight is 380 g/mol. The molecule has 0 spiro atoms. The summed E-state index contributed by atoms with van der Waals surface area (Å²) in [4.78, 5) is 28.5. The lowest BCUT2D eigenvalue weighted by atomic mass is 10.1. The zero-order valence-electron chi connectivity index (χ0n) is 14.5. The Morgan fingerprint density at radius 3 is 2.04 bits per heavy atom. The van der Waals surface area contributed by atoms with Gasteiger partial charge in [0.2, 0.25) is 0 Å². The number of hydrogen-bond donors (Lipinski definition) is 1. The molecule has 1 aliphatic heterocycles. The van der Waals surface area contributed by atoms with Gasteiger partial charge in [0.25, 0.3) is 11.8 Å². The second kappa shape index (κ2) is 8.73. The van der Waals surface area contributed by atoms with Crippen molar-refractivity contribution in [3.8, 4) is 5.75 Å². The van der Waals surface area contributed by atoms with Gasteiger partial charge in [0.15, 0.2) is 0 Å². The lowest BCUT2D eigenvalue weighted by molar-refractivity contribution is 0.0535. The number of furan rings is 1. The maximum atomic E-state index is 12.5. The van der Waals surface area contributed by atoms with E-state index in [1.54, 1.807) is 47.2 Å². The van der Waals surface area contributed by atoms with Gasteiger partial charge in [-0.15, -0.1) is 12.4 Å². The van der Waals surface area contributed by atoms with E-state index in [-0.39, 0.29) is 30.8 Å². The summed E-state index contributed by atoms with van der Waals surface area (Å²) in [6.45, 7) is 2.24. The summed E-state index contributed by atoms with van der Waals surface area (Å²) >= 11 is 0. The van der Waals surface area contributed by atoms with Crippen LogP contribution in [0.3, 0.4) is 0 Å². The van der Waals surface area contributed by atoms with Crippen LogP contribution in [0.5, 0.6) is 5.75 Å². The SMILES string of the molecule is COc1ccc(C(=O)N2CCN(C(=O)c3coc(CN)c3)CC2)cc1.Cl. The Bertz CT molecular complexity index is 752. The highest BCUT2D eigenvalue weighted by Crippen LogP contribution is 2.16. The monoisotopic (exact) mass is 379 g/mol. The van der Waals surface area contributed by atoms with Gasteiger partial charge in [0.05, 0.1) is 19.2 Å². The third-order valence-corrected chi connectivity index (χ3v) is 4.29. The van der Waals surface area contributed by atoms with Crippen molar-refractivity contribution in [2.75, 3.05) is 33.3 Å². The molecular weight excluding hydrogens is 358 g/mol. The van der Waals surface area contributed by atoms with E-state index in [0.29, 0.717) is 48.8 Å². The van der Waals surface area contributed by atoms with E-state index >= 15 is 0 Å². The largest absolute Gasteiger partial charge is 0.497 e. The van der Waals surface area contributed by atoms with Crippen molar-refractivity contribution < 1.29 is 18.7 Å². The number of amides is 2. The number of nitrogens with two attached hydrogens (primary N) is 1. The lowest BCUT2D eigenvalue weighted by Gasteiger charge is -2.34. The summed E-state index contributed by atoms with van der Waals surface area (Å²) in [7, 11) is 1.59. The molecule has 3 rings (SSSR count). The Balaban J connectivity index is 0.00000243. The molecule has 0 unspecified atom stereocenters. The molecule has 0 bridgehead atoms. The van der Waals surface area contributed by atoms with Crippen LogP contribution in [-0.2, 0) is 6.54 Å². The quantitative estimate of drug-likeness (QED) is 0.874. The van der Waals surface area contributed by atoms with Gasteiger partial charge in [-0.25, -0.2) is 0 Å². The van der Waals surface area contributed by atoms with E-state index in [1.807, 2.05) is 0 Å². The van der Waals surface area contributed by atoms with Crippen molar-refractivity contribution in [3.63, 3.8) is 0 Å². The Kier molecular flexibility index (Phi) is 6.65. The summed E-state index contributed by atoms with van der Waals surface area (Å²) in [5.41, 5.74) is 6.61. The number of ether oxygens (including phenoxy) is 1. The summed E-state index contributed by atoms with van der Waals surface area (Å²) in [5.74, 6) is 1.16. The van der Waals surface area contributed by atoms with Crippen molar-refractivity contribution in [2.45, 2.75) is 6.54 Å². The minimum atomic E-state index is -0.0972. The summed E-state index contributed by atoms with van der Waals surface area (Å²) in [6, 6.07) is 8.69. The molecule has 7 nitrogen and oxygen atoms in total. The molecule has 1 fully saturated rings. The van der Waals surface area contributed by atoms with Crippen LogP contribution in [-0.4, -0.2) is 54.9 Å². The molecule has 2 amide bonds. The predicted octanol–water partition coefficient (Wildman–Crippen LogP) is 1.77. The first kappa shape index (κ1) is 19.8. The molecule has 1 aliphatic rings. The number of rotatable bonds is 4. The first-order chi connectivity index (χ1) is 12.1. The van der Waals surface area contributed by atoms with Gasteiger partial charge < -0.3 is 24.7 Å². The van der Waals surface area contributed by atoms with Crippen LogP contribution >= 0.6 is 12.4 Å². The maximum absolute atomic E-state index is 12.5. The van der Waals surface area contributed by atoms with Crippen LogP contribution in [0.4, 0.5) is 0 Å². The van der Waals surface area contributed by atoms with E-state index in [4.69, 9.17) is 14.9 Å². The smallest absolute Gasteiger partial charge is 0.257 e. The van der Waals surface area contributed by atoms with Gasteiger partial charge in [-0.2, -0.15) is 0 Å². The molecule has 2 aromatic rings. The van der Waals surface area contributed by atoms with Crippen LogP contribution in [0, 0.1) is 0 Å². The Morgan fingerprint density at radius 1 is 1.04 bits per heavy atom. The Labute approximate surface area is 158 Å². The van der Waals surface area contributed by atoms with Gasteiger partial charge >= 0.3 is 0 Å². The van der Waals surface area contributed by atoms with Gasteiger partial charge in [-0.3, -0.25) is 9.59 Å². The van der Waals surface area contributed by atoms with E-state index in [2.05, 4.69) is 0 Å². The summed E-state index contributed by atoms with van der Waals surface area (Å²) in [6.07, 6.45) is 1.43. The van der Waals surface area contributed by atoms with E-state index in [1.165, 1.54) is 6.26 Å². The molecule has 1 aromatic heterocycles.